The van der Waals surface area contributed by atoms with Gasteiger partial charge >= 0.3 is 0 Å². The summed E-state index contributed by atoms with van der Waals surface area (Å²) < 4.78 is 0. The molecule has 0 aliphatic carbocycles. The van der Waals surface area contributed by atoms with Crippen LogP contribution in [0.4, 0.5) is 0 Å². The second kappa shape index (κ2) is 4.01. The molecule has 0 fully saturated rings. The van der Waals surface area contributed by atoms with E-state index in [1.165, 1.54) is 0 Å². The number of alkyl halides is 1. The molecule has 0 aromatic heterocycles. The van der Waals surface area contributed by atoms with Crippen LogP contribution in [0.25, 0.3) is 0 Å². The fraction of sp³-hybridized carbons (Fsp3) is 0.364. The molecule has 14 heavy (non-hydrogen) atoms. The smallest absolute Gasteiger partial charge is 0.180 e. The Bertz CT molecular complexity index is 347. The quantitative estimate of drug-likeness (QED) is 0.605. The monoisotopic (exact) mass is 212 g/mol. The van der Waals surface area contributed by atoms with E-state index < -0.39 is 5.38 Å². The molecule has 0 saturated heterocycles. The van der Waals surface area contributed by atoms with E-state index in [1.807, 2.05) is 0 Å². The van der Waals surface area contributed by atoms with Crippen LogP contribution >= 0.6 is 11.6 Å². The van der Waals surface area contributed by atoms with Crippen molar-refractivity contribution in [3.05, 3.63) is 28.8 Å². The van der Waals surface area contributed by atoms with Crippen LogP contribution in [0, 0.1) is 13.8 Å². The van der Waals surface area contributed by atoms with Crippen molar-refractivity contribution in [3.8, 4) is 5.75 Å². The average Bonchev–Trinajstić information content (AvgIpc) is 2.01. The summed E-state index contributed by atoms with van der Waals surface area (Å²) >= 11 is 5.73. The summed E-state index contributed by atoms with van der Waals surface area (Å²) in [6, 6.07) is 3.14. The highest BCUT2D eigenvalue weighted by Crippen LogP contribution is 2.22. The maximum absolute atomic E-state index is 11.7. The number of benzene rings is 1. The lowest BCUT2D eigenvalue weighted by molar-refractivity contribution is 0.0990. The van der Waals surface area contributed by atoms with Crippen molar-refractivity contribution in [1.29, 1.82) is 0 Å². The number of Topliss-reactive ketones (excluding diaryl/α,β-unsaturated/α-hetero) is 1. The Morgan fingerprint density at radius 1 is 1.36 bits per heavy atom. The highest BCUT2D eigenvalue weighted by atomic mass is 35.5. The van der Waals surface area contributed by atoms with E-state index in [0.717, 1.165) is 11.1 Å². The van der Waals surface area contributed by atoms with Crippen LogP contribution in [0.5, 0.6) is 5.75 Å². The van der Waals surface area contributed by atoms with Crippen molar-refractivity contribution in [2.24, 2.45) is 0 Å². The molecule has 0 aliphatic rings. The van der Waals surface area contributed by atoms with Crippen LogP contribution in [0.2, 0.25) is 0 Å². The van der Waals surface area contributed by atoms with Gasteiger partial charge in [0.05, 0.1) is 5.38 Å². The Balaban J connectivity index is 3.28. The minimum atomic E-state index is -0.531. The first kappa shape index (κ1) is 11.1. The van der Waals surface area contributed by atoms with Crippen molar-refractivity contribution >= 4 is 17.4 Å². The summed E-state index contributed by atoms with van der Waals surface area (Å²) in [6.45, 7) is 5.23. The lowest BCUT2D eigenvalue weighted by Crippen LogP contribution is -2.13. The molecule has 0 bridgehead atoms. The highest BCUT2D eigenvalue weighted by molar-refractivity contribution is 6.34. The van der Waals surface area contributed by atoms with E-state index in [9.17, 15) is 9.90 Å². The van der Waals surface area contributed by atoms with E-state index in [2.05, 4.69) is 0 Å². The summed E-state index contributed by atoms with van der Waals surface area (Å²) in [5.41, 5.74) is 2.14. The molecule has 3 heteroatoms. The second-order valence-corrected chi connectivity index (χ2v) is 4.09. The van der Waals surface area contributed by atoms with Crippen molar-refractivity contribution in [2.45, 2.75) is 26.1 Å². The molecule has 0 amide bonds. The largest absolute Gasteiger partial charge is 0.508 e. The Kier molecular flexibility index (Phi) is 3.17. The molecule has 1 aromatic carbocycles. The summed E-state index contributed by atoms with van der Waals surface area (Å²) in [7, 11) is 0. The normalized spacial score (nSPS) is 12.6. The molecule has 2 nitrogen and oxygen atoms in total. The van der Waals surface area contributed by atoms with E-state index >= 15 is 0 Å². The van der Waals surface area contributed by atoms with Crippen LogP contribution in [-0.4, -0.2) is 16.3 Å². The van der Waals surface area contributed by atoms with E-state index in [4.69, 9.17) is 11.6 Å². The number of phenolic OH excluding ortho intramolecular Hbond substituents is 1. The zero-order valence-corrected chi connectivity index (χ0v) is 9.22. The van der Waals surface area contributed by atoms with Gasteiger partial charge in [0.2, 0.25) is 0 Å². The third-order valence-corrected chi connectivity index (χ3v) is 2.32. The van der Waals surface area contributed by atoms with Gasteiger partial charge in [-0.15, -0.1) is 11.6 Å². The zero-order chi connectivity index (χ0) is 10.9. The third-order valence-electron chi connectivity index (χ3n) is 2.13. The number of carbonyl (C=O) groups is 1. The van der Waals surface area contributed by atoms with Gasteiger partial charge in [0.1, 0.15) is 5.75 Å². The molecular formula is C11H13ClO2. The number of aromatic hydroxyl groups is 1. The predicted octanol–water partition coefficient (Wildman–Crippen LogP) is 2.82. The van der Waals surface area contributed by atoms with Gasteiger partial charge in [-0.1, -0.05) is 0 Å². The lowest BCUT2D eigenvalue weighted by atomic mass is 9.97. The minimum absolute atomic E-state index is 0.0957. The summed E-state index contributed by atoms with van der Waals surface area (Å²) in [6.07, 6.45) is 0. The van der Waals surface area contributed by atoms with Gasteiger partial charge in [-0.05, 0) is 44.0 Å². The predicted molar refractivity (Wildman–Crippen MR) is 57.2 cm³/mol. The van der Waals surface area contributed by atoms with E-state index in [-0.39, 0.29) is 11.5 Å². The molecule has 0 saturated carbocycles. The molecule has 76 valence electrons. The molecule has 0 aliphatic heterocycles. The van der Waals surface area contributed by atoms with Crippen LogP contribution in [-0.2, 0) is 0 Å². The number of carbonyl (C=O) groups excluding carboxylic acids is 1. The molecule has 0 heterocycles. The maximum Gasteiger partial charge on any atom is 0.180 e. The zero-order valence-electron chi connectivity index (χ0n) is 8.47. The number of hydrogen-bond acceptors (Lipinski definition) is 2. The number of halogens is 1. The van der Waals surface area contributed by atoms with Gasteiger partial charge in [0.25, 0.3) is 0 Å². The number of ketones is 1. The second-order valence-electron chi connectivity index (χ2n) is 3.43. The standard InChI is InChI=1S/C11H13ClO2/c1-6-4-9(13)5-7(2)10(6)11(14)8(3)12/h4-5,8,13H,1-3H3. The number of rotatable bonds is 2. The van der Waals surface area contributed by atoms with Crippen LogP contribution in [0.3, 0.4) is 0 Å². The number of hydrogen-bond donors (Lipinski definition) is 1. The Hall–Kier alpha value is -1.02. The molecule has 1 atom stereocenters. The molecule has 1 N–H and O–H groups in total. The molecule has 0 radical (unpaired) electrons. The molecular weight excluding hydrogens is 200 g/mol. The first-order valence-corrected chi connectivity index (χ1v) is 4.85. The first-order valence-electron chi connectivity index (χ1n) is 4.42. The van der Waals surface area contributed by atoms with E-state index in [0.29, 0.717) is 5.56 Å². The van der Waals surface area contributed by atoms with Gasteiger partial charge in [0, 0.05) is 5.56 Å². The van der Waals surface area contributed by atoms with Crippen LogP contribution in [0.15, 0.2) is 12.1 Å². The van der Waals surface area contributed by atoms with Crippen molar-refractivity contribution in [1.82, 2.24) is 0 Å². The molecule has 1 unspecified atom stereocenters. The van der Waals surface area contributed by atoms with Crippen molar-refractivity contribution in [3.63, 3.8) is 0 Å². The van der Waals surface area contributed by atoms with Crippen LogP contribution in [0.1, 0.15) is 28.4 Å². The fourth-order valence-corrected chi connectivity index (χ4v) is 1.64. The molecule has 0 spiro atoms. The minimum Gasteiger partial charge on any atom is -0.508 e. The SMILES string of the molecule is Cc1cc(O)cc(C)c1C(=O)C(C)Cl. The third kappa shape index (κ3) is 2.07. The summed E-state index contributed by atoms with van der Waals surface area (Å²) in [5.74, 6) is 0.0837. The first-order chi connectivity index (χ1) is 6.43. The highest BCUT2D eigenvalue weighted by Gasteiger charge is 2.17. The molecule has 1 rings (SSSR count). The van der Waals surface area contributed by atoms with Gasteiger partial charge in [-0.25, -0.2) is 0 Å². The lowest BCUT2D eigenvalue weighted by Gasteiger charge is -2.10. The van der Waals surface area contributed by atoms with E-state index in [1.54, 1.807) is 32.9 Å². The van der Waals surface area contributed by atoms with Crippen molar-refractivity contribution < 1.29 is 9.90 Å². The Morgan fingerprint density at radius 3 is 2.14 bits per heavy atom. The molecule has 1 aromatic rings. The average molecular weight is 213 g/mol. The van der Waals surface area contributed by atoms with Gasteiger partial charge in [0.15, 0.2) is 5.78 Å². The Morgan fingerprint density at radius 2 is 1.79 bits per heavy atom. The topological polar surface area (TPSA) is 37.3 Å². The summed E-state index contributed by atoms with van der Waals surface area (Å²) in [5, 5.41) is 8.76. The Labute approximate surface area is 88.5 Å². The van der Waals surface area contributed by atoms with Gasteiger partial charge in [-0.3, -0.25) is 4.79 Å². The number of phenols is 1. The van der Waals surface area contributed by atoms with Gasteiger partial charge in [-0.2, -0.15) is 0 Å². The number of aryl methyl sites for hydroxylation is 2. The van der Waals surface area contributed by atoms with Crippen LogP contribution < -0.4 is 0 Å². The fourth-order valence-electron chi connectivity index (χ4n) is 1.53. The summed E-state index contributed by atoms with van der Waals surface area (Å²) in [4.78, 5) is 11.7. The maximum atomic E-state index is 11.7. The van der Waals surface area contributed by atoms with Gasteiger partial charge < -0.3 is 5.11 Å². The van der Waals surface area contributed by atoms with Crippen molar-refractivity contribution in [2.75, 3.05) is 0 Å².